The zero-order chi connectivity index (χ0) is 17.8. The molecule has 3 rings (SSSR count). The van der Waals surface area contributed by atoms with E-state index in [-0.39, 0.29) is 17.8 Å². The van der Waals surface area contributed by atoms with Crippen molar-refractivity contribution in [3.63, 3.8) is 0 Å². The number of hydrogen-bond acceptors (Lipinski definition) is 4. The molecule has 1 aliphatic heterocycles. The number of ether oxygens (including phenoxy) is 1. The van der Waals surface area contributed by atoms with Crippen LogP contribution >= 0.6 is 0 Å². The van der Waals surface area contributed by atoms with Gasteiger partial charge in [-0.1, -0.05) is 12.1 Å². The highest BCUT2D eigenvalue weighted by molar-refractivity contribution is 5.98. The van der Waals surface area contributed by atoms with Gasteiger partial charge in [-0.05, 0) is 45.4 Å². The van der Waals surface area contributed by atoms with Crippen LogP contribution < -0.4 is 4.74 Å². The van der Waals surface area contributed by atoms with Crippen LogP contribution in [0.1, 0.15) is 42.6 Å². The summed E-state index contributed by atoms with van der Waals surface area (Å²) in [6, 6.07) is 7.59. The number of piperidine rings is 1. The molecule has 5 heteroatoms. The van der Waals surface area contributed by atoms with Crippen LogP contribution in [-0.2, 0) is 13.6 Å². The fourth-order valence-electron chi connectivity index (χ4n) is 3.46. The van der Waals surface area contributed by atoms with E-state index in [1.54, 1.807) is 0 Å². The van der Waals surface area contributed by atoms with E-state index in [1.165, 1.54) is 5.56 Å². The number of hydrogen-bond donors (Lipinski definition) is 0. The molecule has 1 aromatic carbocycles. The van der Waals surface area contributed by atoms with Crippen molar-refractivity contribution >= 4 is 5.78 Å². The van der Waals surface area contributed by atoms with Gasteiger partial charge in [0, 0.05) is 43.4 Å². The maximum Gasteiger partial charge on any atom is 0.167 e. The van der Waals surface area contributed by atoms with E-state index in [1.807, 2.05) is 62.2 Å². The predicted molar refractivity (Wildman–Crippen MR) is 97.7 cm³/mol. The quantitative estimate of drug-likeness (QED) is 0.757. The van der Waals surface area contributed by atoms with Crippen molar-refractivity contribution in [1.82, 2.24) is 14.7 Å². The average molecular weight is 341 g/mol. The van der Waals surface area contributed by atoms with Crippen LogP contribution in [0.15, 0.2) is 36.7 Å². The Bertz CT molecular complexity index is 723. The van der Waals surface area contributed by atoms with Gasteiger partial charge in [0.1, 0.15) is 5.75 Å². The van der Waals surface area contributed by atoms with Crippen LogP contribution in [-0.4, -0.2) is 39.7 Å². The van der Waals surface area contributed by atoms with E-state index in [2.05, 4.69) is 10.00 Å². The Morgan fingerprint density at radius 1 is 1.40 bits per heavy atom. The van der Waals surface area contributed by atoms with E-state index in [0.29, 0.717) is 0 Å². The van der Waals surface area contributed by atoms with Gasteiger partial charge in [-0.3, -0.25) is 14.4 Å². The summed E-state index contributed by atoms with van der Waals surface area (Å²) < 4.78 is 7.54. The average Bonchev–Trinajstić information content (AvgIpc) is 2.99. The number of Topliss-reactive ketones (excluding diaryl/α,β-unsaturated/α-hetero) is 1. The lowest BCUT2D eigenvalue weighted by atomic mass is 9.90. The maximum atomic E-state index is 12.9. The summed E-state index contributed by atoms with van der Waals surface area (Å²) in [4.78, 5) is 15.3. The molecule has 25 heavy (non-hydrogen) atoms. The molecular weight excluding hydrogens is 314 g/mol. The maximum absolute atomic E-state index is 12.9. The van der Waals surface area contributed by atoms with Gasteiger partial charge in [0.15, 0.2) is 5.78 Å². The standard InChI is InChI=1S/C20H27N3O2/c1-15(2)25-19-8-4-6-17(10-19)20(24)18-7-5-9-23(14-18)13-16-11-21-22(3)12-16/h4,6,8,10-12,15,18H,5,7,9,13-14H2,1-3H3. The van der Waals surface area contributed by atoms with Crippen molar-refractivity contribution in [2.75, 3.05) is 13.1 Å². The van der Waals surface area contributed by atoms with E-state index in [0.717, 1.165) is 43.8 Å². The minimum atomic E-state index is 0.0553. The molecule has 0 amide bonds. The van der Waals surface area contributed by atoms with Crippen molar-refractivity contribution in [2.45, 2.75) is 39.3 Å². The molecule has 1 aliphatic rings. The topological polar surface area (TPSA) is 47.4 Å². The third kappa shape index (κ3) is 4.69. The van der Waals surface area contributed by atoms with Crippen molar-refractivity contribution in [3.8, 4) is 5.75 Å². The number of aromatic nitrogens is 2. The van der Waals surface area contributed by atoms with Gasteiger partial charge in [-0.25, -0.2) is 0 Å². The summed E-state index contributed by atoms with van der Waals surface area (Å²) in [5.74, 6) is 1.05. The zero-order valence-electron chi connectivity index (χ0n) is 15.3. The van der Waals surface area contributed by atoms with Gasteiger partial charge < -0.3 is 4.74 Å². The molecule has 1 atom stereocenters. The SMILES string of the molecule is CC(C)Oc1cccc(C(=O)C2CCCN(Cc3cnn(C)c3)C2)c1. The normalized spacial score (nSPS) is 18.5. The first-order valence-corrected chi connectivity index (χ1v) is 9.02. The Balaban J connectivity index is 1.65. The van der Waals surface area contributed by atoms with E-state index >= 15 is 0 Å². The summed E-state index contributed by atoms with van der Waals surface area (Å²) in [6.45, 7) is 6.68. The summed E-state index contributed by atoms with van der Waals surface area (Å²) in [5, 5.41) is 4.23. The molecule has 0 saturated carbocycles. The number of benzene rings is 1. The second kappa shape index (κ2) is 7.83. The smallest absolute Gasteiger partial charge is 0.167 e. The molecule has 0 bridgehead atoms. The summed E-state index contributed by atoms with van der Waals surface area (Å²) in [7, 11) is 1.93. The molecule has 0 aliphatic carbocycles. The lowest BCUT2D eigenvalue weighted by molar-refractivity contribution is 0.0811. The Morgan fingerprint density at radius 3 is 2.96 bits per heavy atom. The van der Waals surface area contributed by atoms with Crippen LogP contribution in [0, 0.1) is 5.92 Å². The molecule has 2 heterocycles. The van der Waals surface area contributed by atoms with Gasteiger partial charge in [0.05, 0.1) is 12.3 Å². The summed E-state index contributed by atoms with van der Waals surface area (Å²) >= 11 is 0. The number of nitrogens with zero attached hydrogens (tertiary/aromatic N) is 3. The van der Waals surface area contributed by atoms with Crippen LogP contribution in [0.25, 0.3) is 0 Å². The molecule has 1 saturated heterocycles. The Morgan fingerprint density at radius 2 is 2.24 bits per heavy atom. The highest BCUT2D eigenvalue weighted by Gasteiger charge is 2.27. The summed E-state index contributed by atoms with van der Waals surface area (Å²) in [6.07, 6.45) is 6.06. The molecule has 0 N–H and O–H groups in total. The van der Waals surface area contributed by atoms with E-state index < -0.39 is 0 Å². The number of carbonyl (C=O) groups is 1. The van der Waals surface area contributed by atoms with Crippen molar-refractivity contribution in [2.24, 2.45) is 13.0 Å². The van der Waals surface area contributed by atoms with Gasteiger partial charge >= 0.3 is 0 Å². The van der Waals surface area contributed by atoms with E-state index in [4.69, 9.17) is 4.74 Å². The molecule has 0 radical (unpaired) electrons. The second-order valence-corrected chi connectivity index (χ2v) is 7.16. The van der Waals surface area contributed by atoms with Gasteiger partial charge in [-0.15, -0.1) is 0 Å². The van der Waals surface area contributed by atoms with Crippen LogP contribution in [0.4, 0.5) is 0 Å². The second-order valence-electron chi connectivity index (χ2n) is 7.16. The number of carbonyl (C=O) groups excluding carboxylic acids is 1. The lowest BCUT2D eigenvalue weighted by Crippen LogP contribution is -2.38. The molecular formula is C20H27N3O2. The molecule has 2 aromatic rings. The fraction of sp³-hybridized carbons (Fsp3) is 0.500. The largest absolute Gasteiger partial charge is 0.491 e. The highest BCUT2D eigenvalue weighted by Crippen LogP contribution is 2.24. The van der Waals surface area contributed by atoms with Gasteiger partial charge in [0.25, 0.3) is 0 Å². The van der Waals surface area contributed by atoms with Crippen LogP contribution in [0.3, 0.4) is 0 Å². The van der Waals surface area contributed by atoms with Crippen molar-refractivity contribution < 1.29 is 9.53 Å². The van der Waals surface area contributed by atoms with Gasteiger partial charge in [-0.2, -0.15) is 5.10 Å². The Hall–Kier alpha value is -2.14. The lowest BCUT2D eigenvalue weighted by Gasteiger charge is -2.31. The third-order valence-electron chi connectivity index (χ3n) is 4.53. The third-order valence-corrected chi connectivity index (χ3v) is 4.53. The molecule has 1 aromatic heterocycles. The van der Waals surface area contributed by atoms with Crippen LogP contribution in [0.2, 0.25) is 0 Å². The Kier molecular flexibility index (Phi) is 5.53. The highest BCUT2D eigenvalue weighted by atomic mass is 16.5. The number of ketones is 1. The number of rotatable bonds is 6. The minimum Gasteiger partial charge on any atom is -0.491 e. The molecule has 1 unspecified atom stereocenters. The zero-order valence-corrected chi connectivity index (χ0v) is 15.3. The first-order chi connectivity index (χ1) is 12.0. The van der Waals surface area contributed by atoms with Crippen LogP contribution in [0.5, 0.6) is 5.75 Å². The molecule has 1 fully saturated rings. The number of likely N-dealkylation sites (tertiary alicyclic amines) is 1. The predicted octanol–water partition coefficient (Wildman–Crippen LogP) is 3.30. The minimum absolute atomic E-state index is 0.0553. The van der Waals surface area contributed by atoms with Gasteiger partial charge in [0.2, 0.25) is 0 Å². The van der Waals surface area contributed by atoms with Crippen molar-refractivity contribution in [3.05, 3.63) is 47.8 Å². The summed E-state index contributed by atoms with van der Waals surface area (Å²) in [5.41, 5.74) is 1.95. The first kappa shape index (κ1) is 17.7. The monoisotopic (exact) mass is 341 g/mol. The van der Waals surface area contributed by atoms with E-state index in [9.17, 15) is 4.79 Å². The van der Waals surface area contributed by atoms with Crippen molar-refractivity contribution in [1.29, 1.82) is 0 Å². The number of aryl methyl sites for hydroxylation is 1. The molecule has 5 nitrogen and oxygen atoms in total. The molecule has 0 spiro atoms. The Labute approximate surface area is 149 Å². The fourth-order valence-corrected chi connectivity index (χ4v) is 3.46. The first-order valence-electron chi connectivity index (χ1n) is 9.02. The molecule has 134 valence electrons.